The number of aryl methyl sites for hydroxylation is 1. The van der Waals surface area contributed by atoms with E-state index in [1.807, 2.05) is 18.2 Å². The Morgan fingerprint density at radius 1 is 1.21 bits per heavy atom. The molecule has 2 nitrogen and oxygen atoms in total. The maximum atomic E-state index is 5.71. The fourth-order valence-corrected chi connectivity index (χ4v) is 1.57. The molecule has 2 rings (SSSR count). The molecule has 0 atom stereocenters. The van der Waals surface area contributed by atoms with E-state index in [4.69, 9.17) is 5.73 Å². The Bertz CT molecular complexity index is 449. The molecule has 0 aliphatic rings. The summed E-state index contributed by atoms with van der Waals surface area (Å²) in [6.07, 6.45) is 2.16. The van der Waals surface area contributed by atoms with Gasteiger partial charge in [0.2, 0.25) is 0 Å². The van der Waals surface area contributed by atoms with Gasteiger partial charge in [0.05, 0.1) is 5.52 Å². The predicted molar refractivity (Wildman–Crippen MR) is 60.2 cm³/mol. The van der Waals surface area contributed by atoms with Gasteiger partial charge in [0.25, 0.3) is 0 Å². The standard InChI is InChI=1S/C12H14N2/c1-2-3-11-7-5-9-4-6-10(13)8-12(9)14-11/h4-8H,2-3,13H2,1H3. The van der Waals surface area contributed by atoms with E-state index >= 15 is 0 Å². The molecule has 2 N–H and O–H groups in total. The van der Waals surface area contributed by atoms with Crippen molar-refractivity contribution in [2.45, 2.75) is 19.8 Å². The van der Waals surface area contributed by atoms with E-state index in [0.717, 1.165) is 35.1 Å². The van der Waals surface area contributed by atoms with E-state index in [2.05, 4.69) is 24.0 Å². The number of nitrogen functional groups attached to an aromatic ring is 1. The summed E-state index contributed by atoms with van der Waals surface area (Å²) in [4.78, 5) is 4.55. The zero-order chi connectivity index (χ0) is 9.97. The minimum atomic E-state index is 0.777. The van der Waals surface area contributed by atoms with Gasteiger partial charge in [0, 0.05) is 16.8 Å². The van der Waals surface area contributed by atoms with Crippen LogP contribution in [0.5, 0.6) is 0 Å². The third kappa shape index (κ3) is 1.69. The molecule has 0 saturated carbocycles. The quantitative estimate of drug-likeness (QED) is 0.732. The van der Waals surface area contributed by atoms with Crippen LogP contribution < -0.4 is 5.73 Å². The normalized spacial score (nSPS) is 10.6. The Hall–Kier alpha value is -1.57. The Labute approximate surface area is 83.8 Å². The summed E-state index contributed by atoms with van der Waals surface area (Å²) in [6, 6.07) is 10.0. The lowest BCUT2D eigenvalue weighted by atomic mass is 10.1. The van der Waals surface area contributed by atoms with Gasteiger partial charge < -0.3 is 5.73 Å². The van der Waals surface area contributed by atoms with Gasteiger partial charge >= 0.3 is 0 Å². The minimum Gasteiger partial charge on any atom is -0.399 e. The van der Waals surface area contributed by atoms with Gasteiger partial charge in [-0.25, -0.2) is 0 Å². The molecule has 0 radical (unpaired) electrons. The monoisotopic (exact) mass is 186 g/mol. The average molecular weight is 186 g/mol. The van der Waals surface area contributed by atoms with Crippen molar-refractivity contribution in [2.24, 2.45) is 0 Å². The van der Waals surface area contributed by atoms with Gasteiger partial charge in [0.1, 0.15) is 0 Å². The second kappa shape index (κ2) is 3.66. The summed E-state index contributed by atoms with van der Waals surface area (Å²) in [5.41, 5.74) is 8.62. The lowest BCUT2D eigenvalue weighted by Gasteiger charge is -2.02. The zero-order valence-corrected chi connectivity index (χ0v) is 8.33. The number of pyridine rings is 1. The van der Waals surface area contributed by atoms with Gasteiger partial charge in [-0.1, -0.05) is 25.5 Å². The molecular formula is C12H14N2. The number of rotatable bonds is 2. The van der Waals surface area contributed by atoms with E-state index in [-0.39, 0.29) is 0 Å². The number of benzene rings is 1. The summed E-state index contributed by atoms with van der Waals surface area (Å²) >= 11 is 0. The van der Waals surface area contributed by atoms with Crippen LogP contribution in [-0.4, -0.2) is 4.98 Å². The van der Waals surface area contributed by atoms with Gasteiger partial charge in [0.15, 0.2) is 0 Å². The highest BCUT2D eigenvalue weighted by Gasteiger charge is 1.97. The molecule has 0 saturated heterocycles. The van der Waals surface area contributed by atoms with Crippen LogP contribution in [0.25, 0.3) is 10.9 Å². The number of nitrogens with zero attached hydrogens (tertiary/aromatic N) is 1. The molecule has 0 aliphatic carbocycles. The molecule has 0 unspecified atom stereocenters. The Kier molecular flexibility index (Phi) is 2.35. The third-order valence-corrected chi connectivity index (χ3v) is 2.28. The molecule has 1 aromatic carbocycles. The molecular weight excluding hydrogens is 172 g/mol. The van der Waals surface area contributed by atoms with Crippen molar-refractivity contribution >= 4 is 16.6 Å². The first kappa shape index (κ1) is 9.00. The number of fused-ring (bicyclic) bond motifs is 1. The molecule has 2 heteroatoms. The van der Waals surface area contributed by atoms with Crippen LogP contribution in [0.15, 0.2) is 30.3 Å². The van der Waals surface area contributed by atoms with Crippen LogP contribution in [0, 0.1) is 0 Å². The Balaban J connectivity index is 2.52. The smallest absolute Gasteiger partial charge is 0.0725 e. The SMILES string of the molecule is CCCc1ccc2ccc(N)cc2n1. The lowest BCUT2D eigenvalue weighted by Crippen LogP contribution is -1.91. The van der Waals surface area contributed by atoms with E-state index in [1.54, 1.807) is 0 Å². The fourth-order valence-electron chi connectivity index (χ4n) is 1.57. The number of hydrogen-bond donors (Lipinski definition) is 1. The van der Waals surface area contributed by atoms with Crippen molar-refractivity contribution in [1.82, 2.24) is 4.98 Å². The summed E-state index contributed by atoms with van der Waals surface area (Å²) < 4.78 is 0. The molecule has 72 valence electrons. The fraction of sp³-hybridized carbons (Fsp3) is 0.250. The number of hydrogen-bond acceptors (Lipinski definition) is 2. The highest BCUT2D eigenvalue weighted by Crippen LogP contribution is 2.16. The largest absolute Gasteiger partial charge is 0.399 e. The average Bonchev–Trinajstić information content (AvgIpc) is 2.17. The maximum Gasteiger partial charge on any atom is 0.0725 e. The number of nitrogens with two attached hydrogens (primary N) is 1. The first-order chi connectivity index (χ1) is 6.79. The predicted octanol–water partition coefficient (Wildman–Crippen LogP) is 2.77. The van der Waals surface area contributed by atoms with Crippen LogP contribution in [0.3, 0.4) is 0 Å². The molecule has 0 spiro atoms. The molecule has 1 aromatic heterocycles. The van der Waals surface area contributed by atoms with Crippen molar-refractivity contribution in [3.05, 3.63) is 36.0 Å². The van der Waals surface area contributed by atoms with Crippen molar-refractivity contribution in [2.75, 3.05) is 5.73 Å². The van der Waals surface area contributed by atoms with Crippen LogP contribution >= 0.6 is 0 Å². The van der Waals surface area contributed by atoms with Crippen LogP contribution in [0.4, 0.5) is 5.69 Å². The van der Waals surface area contributed by atoms with Gasteiger partial charge in [-0.2, -0.15) is 0 Å². The zero-order valence-electron chi connectivity index (χ0n) is 8.33. The van der Waals surface area contributed by atoms with E-state index in [9.17, 15) is 0 Å². The van der Waals surface area contributed by atoms with Crippen LogP contribution in [-0.2, 0) is 6.42 Å². The van der Waals surface area contributed by atoms with Gasteiger partial charge in [-0.15, -0.1) is 0 Å². The number of anilines is 1. The second-order valence-electron chi connectivity index (χ2n) is 3.50. The lowest BCUT2D eigenvalue weighted by molar-refractivity contribution is 0.890. The first-order valence-corrected chi connectivity index (χ1v) is 4.95. The summed E-state index contributed by atoms with van der Waals surface area (Å²) in [5.74, 6) is 0. The molecule has 14 heavy (non-hydrogen) atoms. The molecule has 0 bridgehead atoms. The Morgan fingerprint density at radius 3 is 2.79 bits per heavy atom. The molecule has 1 heterocycles. The first-order valence-electron chi connectivity index (χ1n) is 4.95. The highest BCUT2D eigenvalue weighted by atomic mass is 14.7. The minimum absolute atomic E-state index is 0.777. The molecule has 0 aliphatic heterocycles. The summed E-state index contributed by atoms with van der Waals surface area (Å²) in [5, 5.41) is 1.15. The van der Waals surface area contributed by atoms with Crippen molar-refractivity contribution in [3.8, 4) is 0 Å². The van der Waals surface area contributed by atoms with Gasteiger partial charge in [-0.3, -0.25) is 4.98 Å². The van der Waals surface area contributed by atoms with Crippen molar-refractivity contribution < 1.29 is 0 Å². The second-order valence-corrected chi connectivity index (χ2v) is 3.50. The highest BCUT2D eigenvalue weighted by molar-refractivity contribution is 5.81. The van der Waals surface area contributed by atoms with Crippen molar-refractivity contribution in [3.63, 3.8) is 0 Å². The molecule has 0 fully saturated rings. The number of aromatic nitrogens is 1. The van der Waals surface area contributed by atoms with Crippen LogP contribution in [0.1, 0.15) is 19.0 Å². The van der Waals surface area contributed by atoms with Crippen LogP contribution in [0.2, 0.25) is 0 Å². The summed E-state index contributed by atoms with van der Waals surface area (Å²) in [6.45, 7) is 2.16. The van der Waals surface area contributed by atoms with E-state index in [0.29, 0.717) is 0 Å². The molecule has 2 aromatic rings. The van der Waals surface area contributed by atoms with E-state index < -0.39 is 0 Å². The summed E-state index contributed by atoms with van der Waals surface area (Å²) in [7, 11) is 0. The van der Waals surface area contributed by atoms with E-state index in [1.165, 1.54) is 0 Å². The van der Waals surface area contributed by atoms with Gasteiger partial charge in [-0.05, 0) is 24.6 Å². The maximum absolute atomic E-state index is 5.71. The topological polar surface area (TPSA) is 38.9 Å². The molecule has 0 amide bonds. The third-order valence-electron chi connectivity index (χ3n) is 2.28. The Morgan fingerprint density at radius 2 is 2.00 bits per heavy atom. The van der Waals surface area contributed by atoms with Crippen molar-refractivity contribution in [1.29, 1.82) is 0 Å².